The van der Waals surface area contributed by atoms with Crippen molar-refractivity contribution >= 4 is 0 Å². The molecular weight excluding hydrogens is 136 g/mol. The fourth-order valence-corrected chi connectivity index (χ4v) is 2.88. The van der Waals surface area contributed by atoms with Crippen LogP contribution in [0.2, 0.25) is 0 Å². The molecule has 0 spiro atoms. The first kappa shape index (κ1) is 7.60. The normalized spacial score (nSPS) is 53.5. The molecule has 2 saturated carbocycles. The maximum Gasteiger partial charge on any atom is 0.0622 e. The van der Waals surface area contributed by atoms with Gasteiger partial charge in [0.25, 0.3) is 0 Å². The second kappa shape index (κ2) is 1.82. The van der Waals surface area contributed by atoms with Crippen molar-refractivity contribution in [2.45, 2.75) is 45.6 Å². The zero-order chi connectivity index (χ0) is 8.28. The third-order valence-corrected chi connectivity index (χ3v) is 3.94. The molecule has 1 heteroatoms. The number of hydrogen-bond acceptors (Lipinski definition) is 1. The fraction of sp³-hybridized carbons (Fsp3) is 1.00. The molecule has 1 nitrogen and oxygen atoms in total. The lowest BCUT2D eigenvalue weighted by Crippen LogP contribution is -2.28. The van der Waals surface area contributed by atoms with Crippen LogP contribution >= 0.6 is 0 Å². The zero-order valence-electron chi connectivity index (χ0n) is 7.72. The first-order valence-electron chi connectivity index (χ1n) is 4.66. The Kier molecular flexibility index (Phi) is 1.26. The maximum absolute atomic E-state index is 9.80. The lowest BCUT2D eigenvalue weighted by atomic mass is 9.87. The molecule has 0 aromatic carbocycles. The summed E-state index contributed by atoms with van der Waals surface area (Å²) in [6.45, 7) is 6.66. The molecule has 0 aromatic rings. The molecule has 2 rings (SSSR count). The van der Waals surface area contributed by atoms with E-state index >= 15 is 0 Å². The molecule has 2 aliphatic carbocycles. The van der Waals surface area contributed by atoms with Crippen LogP contribution in [0.25, 0.3) is 0 Å². The van der Waals surface area contributed by atoms with Gasteiger partial charge in [0.05, 0.1) is 5.60 Å². The van der Waals surface area contributed by atoms with E-state index in [4.69, 9.17) is 0 Å². The van der Waals surface area contributed by atoms with Crippen molar-refractivity contribution in [3.63, 3.8) is 0 Å². The van der Waals surface area contributed by atoms with Gasteiger partial charge >= 0.3 is 0 Å². The van der Waals surface area contributed by atoms with Crippen LogP contribution in [0.15, 0.2) is 0 Å². The Bertz CT molecular complexity index is 179. The van der Waals surface area contributed by atoms with Crippen molar-refractivity contribution < 1.29 is 5.11 Å². The Balaban J connectivity index is 2.08. The molecule has 11 heavy (non-hydrogen) atoms. The van der Waals surface area contributed by atoms with Gasteiger partial charge in [-0.2, -0.15) is 0 Å². The molecule has 0 heterocycles. The monoisotopic (exact) mass is 154 g/mol. The second-order valence-corrected chi connectivity index (χ2v) is 5.27. The third-order valence-electron chi connectivity index (χ3n) is 3.94. The Morgan fingerprint density at radius 1 is 1.18 bits per heavy atom. The second-order valence-electron chi connectivity index (χ2n) is 5.27. The molecule has 3 atom stereocenters. The predicted octanol–water partition coefficient (Wildman–Crippen LogP) is 2.19. The lowest BCUT2D eigenvalue weighted by Gasteiger charge is -2.26. The Morgan fingerprint density at radius 2 is 1.82 bits per heavy atom. The number of aliphatic hydroxyl groups is 1. The molecule has 1 N–H and O–H groups in total. The highest BCUT2D eigenvalue weighted by molar-refractivity contribution is 5.10. The predicted molar refractivity (Wildman–Crippen MR) is 45.2 cm³/mol. The van der Waals surface area contributed by atoms with Crippen molar-refractivity contribution in [2.24, 2.45) is 17.3 Å². The van der Waals surface area contributed by atoms with E-state index in [9.17, 15) is 5.11 Å². The fourth-order valence-electron chi connectivity index (χ4n) is 2.88. The van der Waals surface area contributed by atoms with Crippen molar-refractivity contribution in [3.05, 3.63) is 0 Å². The molecule has 2 aliphatic rings. The summed E-state index contributed by atoms with van der Waals surface area (Å²) in [5.74, 6) is 1.73. The summed E-state index contributed by atoms with van der Waals surface area (Å²) in [4.78, 5) is 0. The van der Waals surface area contributed by atoms with Gasteiger partial charge < -0.3 is 5.11 Å². The molecular formula is C10H18O. The molecule has 0 bridgehead atoms. The van der Waals surface area contributed by atoms with Crippen LogP contribution in [0.1, 0.15) is 40.0 Å². The van der Waals surface area contributed by atoms with E-state index in [0.29, 0.717) is 5.41 Å². The molecule has 0 radical (unpaired) electrons. The van der Waals surface area contributed by atoms with Crippen molar-refractivity contribution in [1.82, 2.24) is 0 Å². The first-order chi connectivity index (χ1) is 4.93. The van der Waals surface area contributed by atoms with Gasteiger partial charge in [-0.25, -0.2) is 0 Å². The SMILES string of the molecule is CC1(C)[C@@H]2C[C@](C)(O)CC[C@@H]21. The van der Waals surface area contributed by atoms with Gasteiger partial charge in [0.1, 0.15) is 0 Å². The number of hydrogen-bond donors (Lipinski definition) is 1. The zero-order valence-corrected chi connectivity index (χ0v) is 7.72. The van der Waals surface area contributed by atoms with E-state index in [1.807, 2.05) is 6.92 Å². The van der Waals surface area contributed by atoms with Crippen molar-refractivity contribution in [1.29, 1.82) is 0 Å². The average Bonchev–Trinajstić information content (AvgIpc) is 2.32. The molecule has 0 saturated heterocycles. The van der Waals surface area contributed by atoms with Crippen LogP contribution in [0.5, 0.6) is 0 Å². The van der Waals surface area contributed by atoms with E-state index in [0.717, 1.165) is 24.7 Å². The summed E-state index contributed by atoms with van der Waals surface area (Å²) in [5, 5.41) is 9.80. The average molecular weight is 154 g/mol. The van der Waals surface area contributed by atoms with Gasteiger partial charge in [-0.1, -0.05) is 13.8 Å². The summed E-state index contributed by atoms with van der Waals surface area (Å²) in [5.41, 5.74) is 0.190. The largest absolute Gasteiger partial charge is 0.390 e. The maximum atomic E-state index is 9.80. The standard InChI is InChI=1S/C10H18O/c1-9(2)7-4-5-10(3,11)6-8(7)9/h7-8,11H,4-6H2,1-3H3/t7-,8+,10+/m0/s1. The van der Waals surface area contributed by atoms with Crippen LogP contribution in [-0.2, 0) is 0 Å². The highest BCUT2D eigenvalue weighted by Crippen LogP contribution is 2.66. The lowest BCUT2D eigenvalue weighted by molar-refractivity contribution is 0.0179. The summed E-state index contributed by atoms with van der Waals surface area (Å²) < 4.78 is 0. The van der Waals surface area contributed by atoms with Gasteiger partial charge in [0, 0.05) is 0 Å². The molecule has 64 valence electrons. The van der Waals surface area contributed by atoms with Gasteiger partial charge in [0.2, 0.25) is 0 Å². The van der Waals surface area contributed by atoms with Crippen molar-refractivity contribution in [2.75, 3.05) is 0 Å². The van der Waals surface area contributed by atoms with E-state index in [-0.39, 0.29) is 5.60 Å². The van der Waals surface area contributed by atoms with E-state index < -0.39 is 0 Å². The molecule has 0 aromatic heterocycles. The van der Waals surface area contributed by atoms with Gasteiger partial charge in [-0.05, 0) is 43.4 Å². The van der Waals surface area contributed by atoms with Crippen LogP contribution in [0.4, 0.5) is 0 Å². The highest BCUT2D eigenvalue weighted by Gasteiger charge is 2.60. The third kappa shape index (κ3) is 1.01. The van der Waals surface area contributed by atoms with Crippen molar-refractivity contribution in [3.8, 4) is 0 Å². The van der Waals surface area contributed by atoms with Crippen LogP contribution < -0.4 is 0 Å². The molecule has 0 aliphatic heterocycles. The molecule has 0 amide bonds. The molecule has 2 fully saturated rings. The van der Waals surface area contributed by atoms with Crippen LogP contribution in [0.3, 0.4) is 0 Å². The Hall–Kier alpha value is -0.0400. The molecule has 0 unspecified atom stereocenters. The highest BCUT2D eigenvalue weighted by atomic mass is 16.3. The topological polar surface area (TPSA) is 20.2 Å². The summed E-state index contributed by atoms with van der Waals surface area (Å²) in [6, 6.07) is 0. The minimum atomic E-state index is -0.352. The quantitative estimate of drug-likeness (QED) is 0.567. The number of rotatable bonds is 0. The van der Waals surface area contributed by atoms with E-state index in [2.05, 4.69) is 13.8 Å². The Labute approximate surface area is 68.8 Å². The van der Waals surface area contributed by atoms with Gasteiger partial charge in [0.15, 0.2) is 0 Å². The minimum absolute atomic E-state index is 0.352. The van der Waals surface area contributed by atoms with E-state index in [1.54, 1.807) is 0 Å². The number of fused-ring (bicyclic) bond motifs is 1. The van der Waals surface area contributed by atoms with Gasteiger partial charge in [-0.3, -0.25) is 0 Å². The minimum Gasteiger partial charge on any atom is -0.390 e. The summed E-state index contributed by atoms with van der Waals surface area (Å²) in [7, 11) is 0. The van der Waals surface area contributed by atoms with Gasteiger partial charge in [-0.15, -0.1) is 0 Å². The van der Waals surface area contributed by atoms with Crippen LogP contribution in [0, 0.1) is 17.3 Å². The van der Waals surface area contributed by atoms with E-state index in [1.165, 1.54) is 6.42 Å². The smallest absolute Gasteiger partial charge is 0.0622 e. The Morgan fingerprint density at radius 3 is 2.27 bits per heavy atom. The first-order valence-corrected chi connectivity index (χ1v) is 4.66. The van der Waals surface area contributed by atoms with Crippen LogP contribution in [-0.4, -0.2) is 10.7 Å². The summed E-state index contributed by atoms with van der Waals surface area (Å²) >= 11 is 0. The summed E-state index contributed by atoms with van der Waals surface area (Å²) in [6.07, 6.45) is 3.28.